The molecular formula is C13H15N3OS. The first kappa shape index (κ1) is 12.7. The summed E-state index contributed by atoms with van der Waals surface area (Å²) in [6.45, 7) is 2.06. The molecule has 0 bridgehead atoms. The van der Waals surface area contributed by atoms with Gasteiger partial charge in [0.25, 0.3) is 5.56 Å². The van der Waals surface area contributed by atoms with Crippen LogP contribution >= 0.6 is 11.8 Å². The van der Waals surface area contributed by atoms with Gasteiger partial charge in [0.05, 0.1) is 5.69 Å². The Morgan fingerprint density at radius 2 is 2.06 bits per heavy atom. The molecular weight excluding hydrogens is 246 g/mol. The molecule has 2 N–H and O–H groups in total. The lowest BCUT2D eigenvalue weighted by molar-refractivity contribution is 1.05. The van der Waals surface area contributed by atoms with Crippen molar-refractivity contribution in [2.45, 2.75) is 17.6 Å². The molecule has 0 aliphatic heterocycles. The van der Waals surface area contributed by atoms with Crippen LogP contribution in [0.5, 0.6) is 0 Å². The van der Waals surface area contributed by atoms with E-state index in [-0.39, 0.29) is 5.56 Å². The SMILES string of the molecule is CNc1nc(CSc2ccc(C)cc2)cc(=O)[nH]1. The maximum Gasteiger partial charge on any atom is 0.252 e. The lowest BCUT2D eigenvalue weighted by atomic mass is 10.2. The zero-order valence-electron chi connectivity index (χ0n) is 10.4. The molecule has 0 saturated heterocycles. The molecule has 5 heteroatoms. The molecule has 4 nitrogen and oxygen atoms in total. The smallest absolute Gasteiger partial charge is 0.252 e. The molecule has 1 heterocycles. The van der Waals surface area contributed by atoms with Crippen LogP contribution in [0.2, 0.25) is 0 Å². The molecule has 0 unspecified atom stereocenters. The van der Waals surface area contributed by atoms with Crippen LogP contribution in [0.1, 0.15) is 11.3 Å². The zero-order chi connectivity index (χ0) is 13.0. The fraction of sp³-hybridized carbons (Fsp3) is 0.231. The number of hydrogen-bond donors (Lipinski definition) is 2. The van der Waals surface area contributed by atoms with Gasteiger partial charge in [0.15, 0.2) is 0 Å². The van der Waals surface area contributed by atoms with Gasteiger partial charge in [0, 0.05) is 23.8 Å². The quantitative estimate of drug-likeness (QED) is 0.830. The Labute approximate surface area is 110 Å². The van der Waals surface area contributed by atoms with Gasteiger partial charge < -0.3 is 5.32 Å². The van der Waals surface area contributed by atoms with Gasteiger partial charge >= 0.3 is 0 Å². The summed E-state index contributed by atoms with van der Waals surface area (Å²) in [6.07, 6.45) is 0. The number of benzene rings is 1. The van der Waals surface area contributed by atoms with Crippen molar-refractivity contribution in [1.29, 1.82) is 0 Å². The lowest BCUT2D eigenvalue weighted by Crippen LogP contribution is -2.11. The molecule has 18 heavy (non-hydrogen) atoms. The second-order valence-electron chi connectivity index (χ2n) is 3.94. The molecule has 0 saturated carbocycles. The topological polar surface area (TPSA) is 57.8 Å². The Hall–Kier alpha value is -1.75. The van der Waals surface area contributed by atoms with Crippen molar-refractivity contribution in [3.8, 4) is 0 Å². The number of nitrogens with one attached hydrogen (secondary N) is 2. The highest BCUT2D eigenvalue weighted by molar-refractivity contribution is 7.98. The second-order valence-corrected chi connectivity index (χ2v) is 4.99. The Balaban J connectivity index is 2.08. The average Bonchev–Trinajstić information content (AvgIpc) is 2.37. The third kappa shape index (κ3) is 3.37. The Bertz CT molecular complexity index is 578. The van der Waals surface area contributed by atoms with Crippen LogP contribution in [0.4, 0.5) is 5.95 Å². The van der Waals surface area contributed by atoms with E-state index < -0.39 is 0 Å². The average molecular weight is 261 g/mol. The van der Waals surface area contributed by atoms with Crippen molar-refractivity contribution in [2.75, 3.05) is 12.4 Å². The van der Waals surface area contributed by atoms with E-state index in [1.807, 2.05) is 0 Å². The number of aromatic amines is 1. The number of thioether (sulfide) groups is 1. The minimum Gasteiger partial charge on any atom is -0.359 e. The summed E-state index contributed by atoms with van der Waals surface area (Å²) >= 11 is 1.67. The predicted molar refractivity (Wildman–Crippen MR) is 75.1 cm³/mol. The summed E-state index contributed by atoms with van der Waals surface area (Å²) in [6, 6.07) is 9.83. The lowest BCUT2D eigenvalue weighted by Gasteiger charge is -2.04. The van der Waals surface area contributed by atoms with Crippen molar-refractivity contribution in [3.05, 3.63) is 51.9 Å². The molecule has 1 aromatic heterocycles. The van der Waals surface area contributed by atoms with Crippen LogP contribution in [0, 0.1) is 6.92 Å². The van der Waals surface area contributed by atoms with E-state index in [0.717, 1.165) is 5.69 Å². The zero-order valence-corrected chi connectivity index (χ0v) is 11.2. The van der Waals surface area contributed by atoms with Crippen LogP contribution in [0.15, 0.2) is 40.0 Å². The van der Waals surface area contributed by atoms with E-state index in [0.29, 0.717) is 11.7 Å². The Morgan fingerprint density at radius 1 is 1.33 bits per heavy atom. The molecule has 1 aromatic carbocycles. The molecule has 2 aromatic rings. The van der Waals surface area contributed by atoms with E-state index in [9.17, 15) is 4.79 Å². The molecule has 0 spiro atoms. The van der Waals surface area contributed by atoms with Crippen LogP contribution in [-0.4, -0.2) is 17.0 Å². The highest BCUT2D eigenvalue weighted by atomic mass is 32.2. The third-order valence-corrected chi connectivity index (χ3v) is 3.48. The summed E-state index contributed by atoms with van der Waals surface area (Å²) in [5.74, 6) is 1.18. The van der Waals surface area contributed by atoms with Gasteiger partial charge in [-0.1, -0.05) is 17.7 Å². The molecule has 0 radical (unpaired) electrons. The molecule has 94 valence electrons. The molecule has 0 fully saturated rings. The van der Waals surface area contributed by atoms with E-state index >= 15 is 0 Å². The first-order valence-corrected chi connectivity index (χ1v) is 6.63. The van der Waals surface area contributed by atoms with Gasteiger partial charge in [-0.2, -0.15) is 0 Å². The third-order valence-electron chi connectivity index (χ3n) is 2.44. The highest BCUT2D eigenvalue weighted by Gasteiger charge is 2.01. The molecule has 0 aliphatic carbocycles. The first-order chi connectivity index (χ1) is 8.67. The highest BCUT2D eigenvalue weighted by Crippen LogP contribution is 2.21. The van der Waals surface area contributed by atoms with Gasteiger partial charge in [-0.05, 0) is 19.1 Å². The van der Waals surface area contributed by atoms with Gasteiger partial charge in [0.1, 0.15) is 0 Å². The number of aryl methyl sites for hydroxylation is 1. The normalized spacial score (nSPS) is 10.3. The fourth-order valence-electron chi connectivity index (χ4n) is 1.49. The van der Waals surface area contributed by atoms with Crippen LogP contribution in [-0.2, 0) is 5.75 Å². The van der Waals surface area contributed by atoms with Crippen LogP contribution < -0.4 is 10.9 Å². The summed E-state index contributed by atoms with van der Waals surface area (Å²) in [5.41, 5.74) is 1.88. The van der Waals surface area contributed by atoms with Crippen LogP contribution in [0.25, 0.3) is 0 Å². The number of nitrogens with zero attached hydrogens (tertiary/aromatic N) is 1. The standard InChI is InChI=1S/C13H15N3OS/c1-9-3-5-11(6-4-9)18-8-10-7-12(17)16-13(14-2)15-10/h3-7H,8H2,1-2H3,(H2,14,15,16,17). The largest absolute Gasteiger partial charge is 0.359 e. The summed E-state index contributed by atoms with van der Waals surface area (Å²) in [4.78, 5) is 19.5. The number of rotatable bonds is 4. The van der Waals surface area contributed by atoms with Crippen molar-refractivity contribution in [2.24, 2.45) is 0 Å². The Morgan fingerprint density at radius 3 is 2.72 bits per heavy atom. The minimum atomic E-state index is -0.131. The van der Waals surface area contributed by atoms with Crippen molar-refractivity contribution >= 4 is 17.7 Å². The second kappa shape index (κ2) is 5.73. The summed E-state index contributed by atoms with van der Waals surface area (Å²) < 4.78 is 0. The minimum absolute atomic E-state index is 0.131. The number of hydrogen-bond acceptors (Lipinski definition) is 4. The maximum absolute atomic E-state index is 11.4. The van der Waals surface area contributed by atoms with Crippen molar-refractivity contribution in [1.82, 2.24) is 9.97 Å². The number of anilines is 1. The van der Waals surface area contributed by atoms with Crippen LogP contribution in [0.3, 0.4) is 0 Å². The monoisotopic (exact) mass is 261 g/mol. The summed E-state index contributed by atoms with van der Waals surface area (Å²) in [7, 11) is 1.73. The predicted octanol–water partition coefficient (Wildman–Crippen LogP) is 2.41. The van der Waals surface area contributed by atoms with E-state index in [1.165, 1.54) is 16.5 Å². The molecule has 0 amide bonds. The number of aromatic nitrogens is 2. The fourth-order valence-corrected chi connectivity index (χ4v) is 2.28. The molecule has 0 atom stereocenters. The summed E-state index contributed by atoms with van der Waals surface area (Å²) in [5, 5.41) is 2.84. The van der Waals surface area contributed by atoms with E-state index in [1.54, 1.807) is 18.8 Å². The van der Waals surface area contributed by atoms with Crippen molar-refractivity contribution in [3.63, 3.8) is 0 Å². The van der Waals surface area contributed by atoms with Gasteiger partial charge in [0.2, 0.25) is 5.95 Å². The van der Waals surface area contributed by atoms with E-state index in [4.69, 9.17) is 0 Å². The van der Waals surface area contributed by atoms with Gasteiger partial charge in [-0.3, -0.25) is 9.78 Å². The first-order valence-electron chi connectivity index (χ1n) is 5.65. The van der Waals surface area contributed by atoms with Crippen molar-refractivity contribution < 1.29 is 0 Å². The van der Waals surface area contributed by atoms with Gasteiger partial charge in [-0.25, -0.2) is 4.98 Å². The maximum atomic E-state index is 11.4. The molecule has 2 rings (SSSR count). The van der Waals surface area contributed by atoms with E-state index in [2.05, 4.69) is 46.5 Å². The van der Waals surface area contributed by atoms with Gasteiger partial charge in [-0.15, -0.1) is 11.8 Å². The number of H-pyrrole nitrogens is 1. The molecule has 0 aliphatic rings. The Kier molecular flexibility index (Phi) is 4.04.